The van der Waals surface area contributed by atoms with E-state index in [2.05, 4.69) is 31.5 Å². The van der Waals surface area contributed by atoms with E-state index >= 15 is 0 Å². The van der Waals surface area contributed by atoms with Gasteiger partial charge in [0.15, 0.2) is 0 Å². The molecule has 0 amide bonds. The summed E-state index contributed by atoms with van der Waals surface area (Å²) >= 11 is 4.79. The second-order valence-electron chi connectivity index (χ2n) is 5.07. The molecule has 0 spiro atoms. The molecule has 0 aliphatic carbocycles. The molecule has 122 valence electrons. The van der Waals surface area contributed by atoms with Crippen molar-refractivity contribution in [2.75, 3.05) is 13.2 Å². The van der Waals surface area contributed by atoms with Crippen molar-refractivity contribution >= 4 is 27.7 Å². The smallest absolute Gasteiger partial charge is 0.253 e. The number of rotatable bonds is 4. The molecule has 1 fully saturated rings. The van der Waals surface area contributed by atoms with Crippen LogP contribution in [0, 0.1) is 0 Å². The molecule has 6 nitrogen and oxygen atoms in total. The van der Waals surface area contributed by atoms with Crippen LogP contribution < -0.4 is 0 Å². The van der Waals surface area contributed by atoms with Crippen LogP contribution >= 0.6 is 27.7 Å². The first-order valence-electron chi connectivity index (χ1n) is 7.34. The Morgan fingerprint density at radius 3 is 2.42 bits per heavy atom. The van der Waals surface area contributed by atoms with Crippen molar-refractivity contribution in [1.82, 2.24) is 20.2 Å². The third-order valence-corrected chi connectivity index (χ3v) is 5.24. The molecule has 0 radical (unpaired) electrons. The molecular formula is C16H13BrN4O2S. The number of benzene rings is 2. The molecule has 0 atom stereocenters. The molecule has 24 heavy (non-hydrogen) atoms. The number of ether oxygens (including phenoxy) is 2. The third-order valence-electron chi connectivity index (χ3n) is 3.53. The van der Waals surface area contributed by atoms with Crippen LogP contribution in [-0.4, -0.2) is 33.4 Å². The Labute approximate surface area is 151 Å². The van der Waals surface area contributed by atoms with E-state index in [1.807, 2.05) is 54.6 Å². The van der Waals surface area contributed by atoms with Crippen LogP contribution in [0.4, 0.5) is 0 Å². The largest absolute Gasteiger partial charge is 0.335 e. The molecule has 2 aromatic carbocycles. The lowest BCUT2D eigenvalue weighted by molar-refractivity contribution is -0.0818. The molecule has 1 aliphatic rings. The number of aromatic nitrogens is 4. The van der Waals surface area contributed by atoms with Crippen molar-refractivity contribution in [2.45, 2.75) is 10.3 Å². The Kier molecular flexibility index (Phi) is 4.36. The van der Waals surface area contributed by atoms with E-state index in [4.69, 9.17) is 9.47 Å². The molecule has 2 heterocycles. The van der Waals surface area contributed by atoms with Gasteiger partial charge in [-0.1, -0.05) is 46.3 Å². The van der Waals surface area contributed by atoms with E-state index in [-0.39, 0.29) is 0 Å². The van der Waals surface area contributed by atoms with Gasteiger partial charge in [0.25, 0.3) is 5.12 Å². The molecule has 0 N–H and O–H groups in total. The maximum absolute atomic E-state index is 5.93. The van der Waals surface area contributed by atoms with Crippen LogP contribution in [0.2, 0.25) is 0 Å². The van der Waals surface area contributed by atoms with E-state index in [1.165, 1.54) is 11.8 Å². The van der Waals surface area contributed by atoms with E-state index < -0.39 is 5.12 Å². The molecule has 3 aromatic rings. The summed E-state index contributed by atoms with van der Waals surface area (Å²) in [5.74, 6) is 0. The zero-order valence-electron chi connectivity index (χ0n) is 12.5. The average molecular weight is 405 g/mol. The number of tetrazole rings is 1. The number of thioether (sulfide) groups is 1. The summed E-state index contributed by atoms with van der Waals surface area (Å²) in [5.41, 5.74) is 1.80. The molecule has 0 unspecified atom stereocenters. The van der Waals surface area contributed by atoms with Crippen molar-refractivity contribution in [3.05, 3.63) is 64.6 Å². The lowest BCUT2D eigenvalue weighted by Gasteiger charge is -2.25. The first-order chi connectivity index (χ1) is 11.8. The van der Waals surface area contributed by atoms with E-state index in [9.17, 15) is 0 Å². The maximum Gasteiger partial charge on any atom is 0.253 e. The van der Waals surface area contributed by atoms with Gasteiger partial charge >= 0.3 is 0 Å². The molecule has 0 bridgehead atoms. The number of nitrogens with zero attached hydrogens (tertiary/aromatic N) is 4. The minimum Gasteiger partial charge on any atom is -0.335 e. The minimum atomic E-state index is -0.927. The second kappa shape index (κ2) is 6.64. The summed E-state index contributed by atoms with van der Waals surface area (Å²) in [7, 11) is 0. The normalized spacial score (nSPS) is 16.4. The van der Waals surface area contributed by atoms with Gasteiger partial charge in [-0.2, -0.15) is 4.68 Å². The van der Waals surface area contributed by atoms with Gasteiger partial charge in [-0.3, -0.25) is 0 Å². The predicted molar refractivity (Wildman–Crippen MR) is 92.7 cm³/mol. The summed E-state index contributed by atoms with van der Waals surface area (Å²) in [6.07, 6.45) is 0. The molecular weight excluding hydrogens is 392 g/mol. The predicted octanol–water partition coefficient (Wildman–Crippen LogP) is 3.37. The summed E-state index contributed by atoms with van der Waals surface area (Å²) in [6, 6.07) is 17.6. The van der Waals surface area contributed by atoms with Crippen LogP contribution in [-0.2, 0) is 14.6 Å². The molecule has 4 rings (SSSR count). The summed E-state index contributed by atoms with van der Waals surface area (Å²) in [5, 5.41) is 11.7. The monoisotopic (exact) mass is 404 g/mol. The topological polar surface area (TPSA) is 62.1 Å². The van der Waals surface area contributed by atoms with E-state index in [0.29, 0.717) is 18.4 Å². The first-order valence-corrected chi connectivity index (χ1v) is 8.95. The van der Waals surface area contributed by atoms with Gasteiger partial charge in [0, 0.05) is 10.0 Å². The molecule has 1 aliphatic heterocycles. The summed E-state index contributed by atoms with van der Waals surface area (Å²) < 4.78 is 14.5. The Morgan fingerprint density at radius 1 is 1.00 bits per heavy atom. The second-order valence-corrected chi connectivity index (χ2v) is 7.09. The van der Waals surface area contributed by atoms with Crippen molar-refractivity contribution < 1.29 is 9.47 Å². The van der Waals surface area contributed by atoms with Crippen molar-refractivity contribution in [2.24, 2.45) is 0 Å². The lowest BCUT2D eigenvalue weighted by atomic mass is 10.2. The average Bonchev–Trinajstić information content (AvgIpc) is 3.27. The Balaban J connectivity index is 1.70. The Hall–Kier alpha value is -1.74. The number of halogens is 1. The van der Waals surface area contributed by atoms with Gasteiger partial charge in [0.2, 0.25) is 5.16 Å². The molecule has 1 saturated heterocycles. The van der Waals surface area contributed by atoms with Gasteiger partial charge in [-0.05, 0) is 46.5 Å². The fraction of sp³-hybridized carbons (Fsp3) is 0.188. The quantitative estimate of drug-likeness (QED) is 0.664. The molecule has 0 saturated carbocycles. The first kappa shape index (κ1) is 15.8. The highest BCUT2D eigenvalue weighted by Crippen LogP contribution is 2.45. The SMILES string of the molecule is Brc1ccc(-n2nnnc2SC2(c3ccccc3)OCCO2)cc1. The standard InChI is InChI=1S/C16H13BrN4O2S/c17-13-6-8-14(9-7-13)21-15(18-19-20-21)24-16(22-10-11-23-16)12-4-2-1-3-5-12/h1-9H,10-11H2. The highest BCUT2D eigenvalue weighted by molar-refractivity contribution is 9.10. The van der Waals surface area contributed by atoms with Gasteiger partial charge in [-0.15, -0.1) is 5.10 Å². The van der Waals surface area contributed by atoms with Crippen LogP contribution in [0.5, 0.6) is 0 Å². The number of hydrogen-bond donors (Lipinski definition) is 0. The van der Waals surface area contributed by atoms with Crippen LogP contribution in [0.3, 0.4) is 0 Å². The van der Waals surface area contributed by atoms with Crippen molar-refractivity contribution in [3.8, 4) is 5.69 Å². The highest BCUT2D eigenvalue weighted by Gasteiger charge is 2.41. The zero-order valence-corrected chi connectivity index (χ0v) is 14.9. The molecule has 1 aromatic heterocycles. The third kappa shape index (κ3) is 2.98. The van der Waals surface area contributed by atoms with Crippen LogP contribution in [0.25, 0.3) is 5.69 Å². The van der Waals surface area contributed by atoms with Gasteiger partial charge in [0.1, 0.15) is 0 Å². The Morgan fingerprint density at radius 2 is 1.71 bits per heavy atom. The van der Waals surface area contributed by atoms with Gasteiger partial charge < -0.3 is 9.47 Å². The minimum absolute atomic E-state index is 0.530. The number of hydrogen-bond acceptors (Lipinski definition) is 6. The fourth-order valence-electron chi connectivity index (χ4n) is 2.43. The summed E-state index contributed by atoms with van der Waals surface area (Å²) in [6.45, 7) is 1.06. The van der Waals surface area contributed by atoms with Crippen LogP contribution in [0.1, 0.15) is 5.56 Å². The van der Waals surface area contributed by atoms with Crippen molar-refractivity contribution in [3.63, 3.8) is 0 Å². The van der Waals surface area contributed by atoms with Gasteiger partial charge in [0.05, 0.1) is 18.9 Å². The fourth-order valence-corrected chi connectivity index (χ4v) is 3.78. The maximum atomic E-state index is 5.93. The summed E-state index contributed by atoms with van der Waals surface area (Å²) in [4.78, 5) is 0. The van der Waals surface area contributed by atoms with Crippen LogP contribution in [0.15, 0.2) is 64.2 Å². The van der Waals surface area contributed by atoms with E-state index in [0.717, 1.165) is 15.7 Å². The molecule has 8 heteroatoms. The zero-order chi connectivity index (χ0) is 16.4. The van der Waals surface area contributed by atoms with Gasteiger partial charge in [-0.25, -0.2) is 0 Å². The van der Waals surface area contributed by atoms with Crippen molar-refractivity contribution in [1.29, 1.82) is 0 Å². The van der Waals surface area contributed by atoms with E-state index in [1.54, 1.807) is 4.68 Å². The highest BCUT2D eigenvalue weighted by atomic mass is 79.9. The lowest BCUT2D eigenvalue weighted by Crippen LogP contribution is -2.23. The Bertz CT molecular complexity index is 820.